The van der Waals surface area contributed by atoms with Gasteiger partial charge in [0.1, 0.15) is 0 Å². The van der Waals surface area contributed by atoms with Gasteiger partial charge in [-0.1, -0.05) is 12.2 Å². The Labute approximate surface area is 96.0 Å². The SMILES string of the molecule is C1=CCCCC1.O=C(O)CCCCC(=O)O. The molecule has 92 valence electrons. The molecule has 0 radical (unpaired) electrons. The zero-order valence-electron chi connectivity index (χ0n) is 9.52. The predicted molar refractivity (Wildman–Crippen MR) is 61.3 cm³/mol. The van der Waals surface area contributed by atoms with Crippen molar-refractivity contribution in [1.29, 1.82) is 0 Å². The summed E-state index contributed by atoms with van der Waals surface area (Å²) in [6.45, 7) is 0. The third kappa shape index (κ3) is 12.7. The number of carboxylic acid groups (broad SMARTS) is 2. The highest BCUT2D eigenvalue weighted by molar-refractivity contribution is 5.67. The minimum Gasteiger partial charge on any atom is -0.481 e. The molecule has 1 rings (SSSR count). The van der Waals surface area contributed by atoms with Gasteiger partial charge in [-0.15, -0.1) is 0 Å². The van der Waals surface area contributed by atoms with Crippen LogP contribution in [-0.2, 0) is 9.59 Å². The van der Waals surface area contributed by atoms with E-state index < -0.39 is 11.9 Å². The molecule has 1 aliphatic rings. The number of allylic oxidation sites excluding steroid dienone is 2. The van der Waals surface area contributed by atoms with E-state index in [2.05, 4.69) is 12.2 Å². The molecule has 0 heterocycles. The summed E-state index contributed by atoms with van der Waals surface area (Å²) < 4.78 is 0. The summed E-state index contributed by atoms with van der Waals surface area (Å²) in [5, 5.41) is 16.3. The van der Waals surface area contributed by atoms with Crippen molar-refractivity contribution in [2.75, 3.05) is 0 Å². The van der Waals surface area contributed by atoms with Crippen molar-refractivity contribution in [3.05, 3.63) is 12.2 Å². The molecule has 0 aromatic rings. The first-order chi connectivity index (χ1) is 7.63. The van der Waals surface area contributed by atoms with Crippen LogP contribution >= 0.6 is 0 Å². The van der Waals surface area contributed by atoms with Crippen molar-refractivity contribution in [3.63, 3.8) is 0 Å². The fourth-order valence-corrected chi connectivity index (χ4v) is 1.31. The first kappa shape index (κ1) is 14.7. The molecule has 4 nitrogen and oxygen atoms in total. The number of hydrogen-bond donors (Lipinski definition) is 2. The van der Waals surface area contributed by atoms with Crippen molar-refractivity contribution in [3.8, 4) is 0 Å². The molecule has 0 aromatic carbocycles. The van der Waals surface area contributed by atoms with E-state index in [-0.39, 0.29) is 12.8 Å². The lowest BCUT2D eigenvalue weighted by Gasteiger charge is -1.97. The largest absolute Gasteiger partial charge is 0.481 e. The second-order valence-electron chi connectivity index (χ2n) is 3.75. The highest BCUT2D eigenvalue weighted by Crippen LogP contribution is 2.07. The molecule has 0 saturated carbocycles. The van der Waals surface area contributed by atoms with Crippen molar-refractivity contribution in [2.24, 2.45) is 0 Å². The zero-order chi connectivity index (χ0) is 12.2. The third-order valence-electron chi connectivity index (χ3n) is 2.19. The second kappa shape index (κ2) is 10.2. The van der Waals surface area contributed by atoms with Crippen molar-refractivity contribution >= 4 is 11.9 Å². The molecule has 0 unspecified atom stereocenters. The van der Waals surface area contributed by atoms with Crippen LogP contribution in [0.2, 0.25) is 0 Å². The minimum absolute atomic E-state index is 0.0628. The molecule has 1 aliphatic carbocycles. The predicted octanol–water partition coefficient (Wildman–Crippen LogP) is 2.83. The minimum atomic E-state index is -0.870. The average molecular weight is 228 g/mol. The van der Waals surface area contributed by atoms with Gasteiger partial charge in [-0.3, -0.25) is 9.59 Å². The Balaban J connectivity index is 0.000000315. The van der Waals surface area contributed by atoms with Crippen LogP contribution in [0.1, 0.15) is 51.4 Å². The van der Waals surface area contributed by atoms with E-state index in [9.17, 15) is 9.59 Å². The van der Waals surface area contributed by atoms with Crippen LogP contribution in [0.25, 0.3) is 0 Å². The normalized spacial score (nSPS) is 13.8. The summed E-state index contributed by atoms with van der Waals surface area (Å²) in [4.78, 5) is 19.8. The molecule has 0 aromatic heterocycles. The van der Waals surface area contributed by atoms with Gasteiger partial charge in [0, 0.05) is 12.8 Å². The Hall–Kier alpha value is -1.32. The Morgan fingerprint density at radius 3 is 1.44 bits per heavy atom. The van der Waals surface area contributed by atoms with Gasteiger partial charge in [-0.25, -0.2) is 0 Å². The number of unbranched alkanes of at least 4 members (excludes halogenated alkanes) is 1. The van der Waals surface area contributed by atoms with Gasteiger partial charge in [0.25, 0.3) is 0 Å². The Morgan fingerprint density at radius 2 is 1.25 bits per heavy atom. The molecule has 2 N–H and O–H groups in total. The molecule has 16 heavy (non-hydrogen) atoms. The monoisotopic (exact) mass is 228 g/mol. The maximum atomic E-state index is 9.90. The van der Waals surface area contributed by atoms with Gasteiger partial charge < -0.3 is 10.2 Å². The number of aliphatic carboxylic acids is 2. The van der Waals surface area contributed by atoms with Crippen LogP contribution in [0.4, 0.5) is 0 Å². The lowest BCUT2D eigenvalue weighted by atomic mass is 10.1. The van der Waals surface area contributed by atoms with E-state index in [4.69, 9.17) is 10.2 Å². The molecule has 4 heteroatoms. The van der Waals surface area contributed by atoms with Crippen LogP contribution in [0, 0.1) is 0 Å². The highest BCUT2D eigenvalue weighted by Gasteiger charge is 1.99. The summed E-state index contributed by atoms with van der Waals surface area (Å²) in [7, 11) is 0. The summed E-state index contributed by atoms with van der Waals surface area (Å²) in [6, 6.07) is 0. The van der Waals surface area contributed by atoms with Crippen LogP contribution in [0.5, 0.6) is 0 Å². The van der Waals surface area contributed by atoms with Crippen LogP contribution in [0.3, 0.4) is 0 Å². The molecular weight excluding hydrogens is 208 g/mol. The summed E-state index contributed by atoms with van der Waals surface area (Å²) in [6.07, 6.45) is 11.0. The van der Waals surface area contributed by atoms with Crippen LogP contribution in [0.15, 0.2) is 12.2 Å². The van der Waals surface area contributed by atoms with Gasteiger partial charge in [-0.05, 0) is 38.5 Å². The number of carbonyl (C=O) groups is 2. The molecule has 0 fully saturated rings. The number of hydrogen-bond acceptors (Lipinski definition) is 2. The smallest absolute Gasteiger partial charge is 0.303 e. The van der Waals surface area contributed by atoms with Gasteiger partial charge in [0.2, 0.25) is 0 Å². The van der Waals surface area contributed by atoms with E-state index >= 15 is 0 Å². The third-order valence-corrected chi connectivity index (χ3v) is 2.19. The lowest BCUT2D eigenvalue weighted by Crippen LogP contribution is -1.97. The lowest BCUT2D eigenvalue weighted by molar-refractivity contribution is -0.139. The second-order valence-corrected chi connectivity index (χ2v) is 3.75. The van der Waals surface area contributed by atoms with Crippen molar-refractivity contribution < 1.29 is 19.8 Å². The number of carboxylic acids is 2. The summed E-state index contributed by atoms with van der Waals surface area (Å²) in [5.74, 6) is -1.74. The highest BCUT2D eigenvalue weighted by atomic mass is 16.4. The zero-order valence-corrected chi connectivity index (χ0v) is 9.52. The van der Waals surface area contributed by atoms with Crippen LogP contribution < -0.4 is 0 Å². The molecule has 0 spiro atoms. The maximum Gasteiger partial charge on any atom is 0.303 e. The Morgan fingerprint density at radius 1 is 0.875 bits per heavy atom. The quantitative estimate of drug-likeness (QED) is 0.560. The van der Waals surface area contributed by atoms with E-state index in [1.807, 2.05) is 0 Å². The van der Waals surface area contributed by atoms with Crippen LogP contribution in [-0.4, -0.2) is 22.2 Å². The fourth-order valence-electron chi connectivity index (χ4n) is 1.31. The van der Waals surface area contributed by atoms with E-state index in [1.165, 1.54) is 25.7 Å². The Kier molecular flexibility index (Phi) is 9.36. The molecule has 0 aliphatic heterocycles. The van der Waals surface area contributed by atoms with Crippen molar-refractivity contribution in [1.82, 2.24) is 0 Å². The average Bonchev–Trinajstić information content (AvgIpc) is 2.27. The summed E-state index contributed by atoms with van der Waals surface area (Å²) in [5.41, 5.74) is 0. The van der Waals surface area contributed by atoms with Gasteiger partial charge in [0.15, 0.2) is 0 Å². The van der Waals surface area contributed by atoms with E-state index in [0.717, 1.165) is 0 Å². The van der Waals surface area contributed by atoms with Gasteiger partial charge >= 0.3 is 11.9 Å². The maximum absolute atomic E-state index is 9.90. The first-order valence-electron chi connectivity index (χ1n) is 5.71. The fraction of sp³-hybridized carbons (Fsp3) is 0.667. The van der Waals surface area contributed by atoms with Crippen molar-refractivity contribution in [2.45, 2.75) is 51.4 Å². The van der Waals surface area contributed by atoms with Gasteiger partial charge in [-0.2, -0.15) is 0 Å². The molecule has 0 saturated heterocycles. The number of rotatable bonds is 5. The molecular formula is C12H20O4. The Bertz CT molecular complexity index is 209. The molecule has 0 bridgehead atoms. The van der Waals surface area contributed by atoms with Gasteiger partial charge in [0.05, 0.1) is 0 Å². The standard InChI is InChI=1S/C6H10O4.C6H10/c7-5(8)3-1-2-4-6(9)10;1-2-4-6-5-3-1/h1-4H2,(H,7,8)(H,9,10);1-2H,3-6H2. The summed E-state index contributed by atoms with van der Waals surface area (Å²) >= 11 is 0. The topological polar surface area (TPSA) is 74.6 Å². The first-order valence-corrected chi connectivity index (χ1v) is 5.71. The van der Waals surface area contributed by atoms with E-state index in [0.29, 0.717) is 12.8 Å². The van der Waals surface area contributed by atoms with E-state index in [1.54, 1.807) is 0 Å². The molecule has 0 amide bonds. The molecule has 0 atom stereocenters.